The number of imidazole rings is 6. The molecule has 24 heteroatoms. The van der Waals surface area contributed by atoms with Crippen molar-refractivity contribution < 1.29 is 0 Å². The molecule has 19 aromatic rings. The van der Waals surface area contributed by atoms with Crippen molar-refractivity contribution in [2.75, 3.05) is 0 Å². The molecule has 0 spiro atoms. The van der Waals surface area contributed by atoms with Crippen molar-refractivity contribution >= 4 is 67.0 Å². The molecule has 7 aromatic carbocycles. The lowest BCUT2D eigenvalue weighted by molar-refractivity contribution is 1.09. The molecule has 0 amide bonds. The highest BCUT2D eigenvalue weighted by atomic mass is 15.1. The van der Waals surface area contributed by atoms with Crippen molar-refractivity contribution in [2.45, 2.75) is 0 Å². The molecule has 12 aromatic heterocycles. The van der Waals surface area contributed by atoms with Gasteiger partial charge in [-0.3, -0.25) is 27.4 Å². The van der Waals surface area contributed by atoms with Crippen LogP contribution in [0.1, 0.15) is 0 Å². The van der Waals surface area contributed by atoms with Crippen LogP contribution in [-0.4, -0.2) is 117 Å². The van der Waals surface area contributed by atoms with Crippen LogP contribution in [0.3, 0.4) is 0 Å². The van der Waals surface area contributed by atoms with Crippen LogP contribution in [0.5, 0.6) is 0 Å². The highest BCUT2D eigenvalue weighted by molar-refractivity contribution is 6.15. The minimum atomic E-state index is 0.587. The highest BCUT2D eigenvalue weighted by Gasteiger charge is 2.30. The van der Waals surface area contributed by atoms with Crippen LogP contribution < -0.4 is 0 Å². The summed E-state index contributed by atoms with van der Waals surface area (Å²) in [5.74, 6) is 0. The third-order valence-electron chi connectivity index (χ3n) is 17.5. The average Bonchev–Trinajstić information content (AvgIpc) is 0.879. The van der Waals surface area contributed by atoms with Gasteiger partial charge in [-0.05, 0) is 140 Å². The second-order valence-electron chi connectivity index (χ2n) is 22.6. The van der Waals surface area contributed by atoms with E-state index >= 15 is 0 Å². The molecule has 12 heterocycles. The van der Waals surface area contributed by atoms with Crippen LogP contribution in [-0.2, 0) is 0 Å². The number of benzene rings is 7. The molecule has 0 saturated heterocycles. The van der Waals surface area contributed by atoms with Gasteiger partial charge in [0.05, 0.1) is 37.2 Å². The molecular formula is C72H42N24. The Bertz CT molecular complexity index is 5190. The SMILES string of the molecule is c1ncc2c(n1)ncn2-c1ccc(-c2c(-c3ccc(-n4cnc5ncncc54)cc3)c(-c3ccc(-n4cnc5ncncc54)cc3)c(-c3ccc(-n4cnc5ncncc54)cc3)c(-c3ccc(-n4cnc5ncncc54)cc3)c2-c2ccc(-n3cnc4ncncc43)cc2)cc1. The first kappa shape index (κ1) is 53.7. The molecule has 0 N–H and O–H groups in total. The van der Waals surface area contributed by atoms with Gasteiger partial charge >= 0.3 is 0 Å². The number of hydrogen-bond acceptors (Lipinski definition) is 18. The van der Waals surface area contributed by atoms with Gasteiger partial charge in [0.25, 0.3) is 0 Å². The van der Waals surface area contributed by atoms with Gasteiger partial charge in [0.2, 0.25) is 0 Å². The Balaban J connectivity index is 0.942. The first-order chi connectivity index (χ1) is 47.6. The molecule has 0 aliphatic carbocycles. The Hall–Kier alpha value is -14.2. The fourth-order valence-electron chi connectivity index (χ4n) is 13.0. The van der Waals surface area contributed by atoms with Crippen LogP contribution in [0.15, 0.2) is 259 Å². The van der Waals surface area contributed by atoms with Gasteiger partial charge in [-0.1, -0.05) is 72.8 Å². The first-order valence-corrected chi connectivity index (χ1v) is 30.3. The molecule has 0 aliphatic rings. The highest BCUT2D eigenvalue weighted by Crippen LogP contribution is 2.56. The van der Waals surface area contributed by atoms with E-state index in [1.165, 1.54) is 38.0 Å². The van der Waals surface area contributed by atoms with Crippen molar-refractivity contribution in [1.29, 1.82) is 0 Å². The number of nitrogens with zero attached hydrogens (tertiary/aromatic N) is 24. The van der Waals surface area contributed by atoms with Crippen molar-refractivity contribution in [3.05, 3.63) is 259 Å². The summed E-state index contributed by atoms with van der Waals surface area (Å²) in [6, 6.07) is 51.8. The summed E-state index contributed by atoms with van der Waals surface area (Å²) >= 11 is 0. The molecule has 0 aliphatic heterocycles. The van der Waals surface area contributed by atoms with Crippen molar-refractivity contribution in [3.8, 4) is 101 Å². The Morgan fingerprint density at radius 1 is 0.167 bits per heavy atom. The molecule has 0 unspecified atom stereocenters. The summed E-state index contributed by atoms with van der Waals surface area (Å²) < 4.78 is 12.0. The molecular weight excluding hydrogens is 1200 g/mol. The Labute approximate surface area is 541 Å². The van der Waals surface area contributed by atoms with Crippen LogP contribution in [0, 0.1) is 0 Å². The fourth-order valence-corrected chi connectivity index (χ4v) is 13.0. The number of hydrogen-bond donors (Lipinski definition) is 0. The van der Waals surface area contributed by atoms with Gasteiger partial charge in [0.1, 0.15) is 109 Å². The summed E-state index contributed by atoms with van der Waals surface area (Å²) in [6.07, 6.45) is 30.5. The fraction of sp³-hybridized carbons (Fsp3) is 0. The van der Waals surface area contributed by atoms with E-state index < -0.39 is 0 Å². The largest absolute Gasteiger partial charge is 0.296 e. The van der Waals surface area contributed by atoms with Crippen LogP contribution >= 0.6 is 0 Å². The average molecular weight is 1240 g/mol. The zero-order valence-electron chi connectivity index (χ0n) is 50.0. The standard InChI is InChI=1S/C72H42N24/c1-13-49(91-37-85-67-55(91)25-73-31-79-67)14-2-43(1)61-62(44-3-15-50(16-4-44)92-38-86-68-56(92)26-74-32-80-68)64(46-7-19-52(20-8-46)94-40-88-70-58(94)28-76-34-82-70)66(48-11-23-54(24-12-48)96-42-90-72-60(96)30-78-36-84-72)65(47-9-21-53(22-10-47)95-41-89-71-59(95)29-77-35-83-71)63(61)45-5-17-51(18-6-45)93-39-87-69-57(93)27-75-33-81-69/h1-42H. The summed E-state index contributed by atoms with van der Waals surface area (Å²) in [4.78, 5) is 81.1. The van der Waals surface area contributed by atoms with Crippen molar-refractivity contribution in [3.63, 3.8) is 0 Å². The monoisotopic (exact) mass is 1240 g/mol. The van der Waals surface area contributed by atoms with Crippen molar-refractivity contribution in [2.24, 2.45) is 0 Å². The second kappa shape index (κ2) is 21.8. The maximum Gasteiger partial charge on any atom is 0.181 e. The molecule has 0 bridgehead atoms. The van der Waals surface area contributed by atoms with Crippen molar-refractivity contribution in [1.82, 2.24) is 117 Å². The van der Waals surface area contributed by atoms with E-state index in [9.17, 15) is 0 Å². The third-order valence-corrected chi connectivity index (χ3v) is 17.5. The number of fused-ring (bicyclic) bond motifs is 6. The quantitative estimate of drug-likeness (QED) is 0.110. The minimum Gasteiger partial charge on any atom is -0.296 e. The van der Waals surface area contributed by atoms with E-state index in [0.717, 1.165) is 134 Å². The van der Waals surface area contributed by atoms with E-state index in [4.69, 9.17) is 0 Å². The van der Waals surface area contributed by atoms with Gasteiger partial charge in [-0.15, -0.1) is 0 Å². The molecule has 0 saturated carbocycles. The first-order valence-electron chi connectivity index (χ1n) is 30.3. The normalized spacial score (nSPS) is 11.8. The minimum absolute atomic E-state index is 0.587. The summed E-state index contributed by atoms with van der Waals surface area (Å²) in [5.41, 5.74) is 24.6. The lowest BCUT2D eigenvalue weighted by Gasteiger charge is -2.29. The molecule has 96 heavy (non-hydrogen) atoms. The molecule has 0 fully saturated rings. The Morgan fingerprint density at radius 2 is 0.312 bits per heavy atom. The van der Waals surface area contributed by atoms with Gasteiger partial charge in [-0.2, -0.15) is 0 Å². The van der Waals surface area contributed by atoms with Crippen LogP contribution in [0.2, 0.25) is 0 Å². The van der Waals surface area contributed by atoms with E-state index in [1.54, 1.807) is 75.1 Å². The third kappa shape index (κ3) is 8.77. The van der Waals surface area contributed by atoms with E-state index in [-0.39, 0.29) is 0 Å². The van der Waals surface area contributed by atoms with E-state index in [0.29, 0.717) is 33.9 Å². The van der Waals surface area contributed by atoms with Gasteiger partial charge in [0.15, 0.2) is 33.9 Å². The molecule has 0 radical (unpaired) electrons. The molecule has 19 rings (SSSR count). The predicted octanol–water partition coefficient (Wildman–Crippen LogP) is 12.5. The lowest BCUT2D eigenvalue weighted by atomic mass is 9.74. The summed E-state index contributed by atoms with van der Waals surface area (Å²) in [5, 5.41) is 0. The molecule has 450 valence electrons. The Morgan fingerprint density at radius 3 is 0.458 bits per heavy atom. The summed E-state index contributed by atoms with van der Waals surface area (Å²) in [6.45, 7) is 0. The number of rotatable bonds is 12. The summed E-state index contributed by atoms with van der Waals surface area (Å²) in [7, 11) is 0. The predicted molar refractivity (Wildman–Crippen MR) is 360 cm³/mol. The van der Waals surface area contributed by atoms with Crippen LogP contribution in [0.25, 0.3) is 168 Å². The second-order valence-corrected chi connectivity index (χ2v) is 22.6. The number of aromatic nitrogens is 24. The molecule has 0 atom stereocenters. The smallest absolute Gasteiger partial charge is 0.181 e. The van der Waals surface area contributed by atoms with Crippen LogP contribution in [0.4, 0.5) is 0 Å². The van der Waals surface area contributed by atoms with Gasteiger partial charge < -0.3 is 0 Å². The van der Waals surface area contributed by atoms with E-state index in [2.05, 4.69) is 235 Å². The maximum atomic E-state index is 4.66. The lowest BCUT2D eigenvalue weighted by Crippen LogP contribution is -2.04. The topological polar surface area (TPSA) is 262 Å². The Kier molecular flexibility index (Phi) is 12.2. The maximum absolute atomic E-state index is 4.66. The zero-order valence-corrected chi connectivity index (χ0v) is 50.0. The van der Waals surface area contributed by atoms with Gasteiger partial charge in [0, 0.05) is 34.1 Å². The van der Waals surface area contributed by atoms with E-state index in [1.807, 2.05) is 27.4 Å². The van der Waals surface area contributed by atoms with Gasteiger partial charge in [-0.25, -0.2) is 89.7 Å². The molecule has 24 nitrogen and oxygen atoms in total. The zero-order chi connectivity index (χ0) is 63.2.